The summed E-state index contributed by atoms with van der Waals surface area (Å²) in [4.78, 5) is 0. The van der Waals surface area contributed by atoms with Crippen LogP contribution in [0.5, 0.6) is 0 Å². The van der Waals surface area contributed by atoms with Crippen LogP contribution in [0.25, 0.3) is 6.08 Å². The highest BCUT2D eigenvalue weighted by molar-refractivity contribution is 5.50. The van der Waals surface area contributed by atoms with Crippen molar-refractivity contribution in [3.05, 3.63) is 42.0 Å². The van der Waals surface area contributed by atoms with Crippen LogP contribution in [0.15, 0.2) is 36.4 Å². The van der Waals surface area contributed by atoms with Crippen molar-refractivity contribution in [2.75, 3.05) is 0 Å². The Bertz CT molecular complexity index is 328. The summed E-state index contributed by atoms with van der Waals surface area (Å²) >= 11 is 0. The molecule has 2 N–H and O–H groups in total. The second kappa shape index (κ2) is 5.31. The molecule has 0 unspecified atom stereocenters. The monoisotopic (exact) mass is 217 g/mol. The number of benzene rings is 1. The van der Waals surface area contributed by atoms with E-state index in [1.165, 1.54) is 5.56 Å². The predicted octanol–water partition coefficient (Wildman–Crippen LogP) is 3.71. The van der Waals surface area contributed by atoms with Crippen molar-refractivity contribution >= 4 is 6.08 Å². The normalized spacial score (nSPS) is 12.9. The molecule has 0 heterocycles. The minimum atomic E-state index is -0.226. The third-order valence-electron chi connectivity index (χ3n) is 3.36. The van der Waals surface area contributed by atoms with Crippen LogP contribution in [0.2, 0.25) is 0 Å². The summed E-state index contributed by atoms with van der Waals surface area (Å²) < 4.78 is 0. The van der Waals surface area contributed by atoms with Crippen molar-refractivity contribution < 1.29 is 0 Å². The number of hydrogen-bond donors (Lipinski definition) is 1. The molecule has 0 spiro atoms. The van der Waals surface area contributed by atoms with Gasteiger partial charge in [0.05, 0.1) is 0 Å². The van der Waals surface area contributed by atoms with E-state index in [-0.39, 0.29) is 5.54 Å². The van der Waals surface area contributed by atoms with Gasteiger partial charge in [0.15, 0.2) is 0 Å². The second-order valence-corrected chi connectivity index (χ2v) is 5.05. The maximum atomic E-state index is 6.44. The van der Waals surface area contributed by atoms with E-state index < -0.39 is 0 Å². The van der Waals surface area contributed by atoms with Crippen molar-refractivity contribution in [3.63, 3.8) is 0 Å². The van der Waals surface area contributed by atoms with E-state index in [9.17, 15) is 0 Å². The molecule has 0 aliphatic carbocycles. The van der Waals surface area contributed by atoms with E-state index in [0.717, 1.165) is 0 Å². The van der Waals surface area contributed by atoms with Crippen LogP contribution >= 0.6 is 0 Å². The van der Waals surface area contributed by atoms with Crippen molar-refractivity contribution in [2.45, 2.75) is 33.2 Å². The third kappa shape index (κ3) is 2.96. The van der Waals surface area contributed by atoms with Crippen molar-refractivity contribution in [1.29, 1.82) is 0 Å². The highest BCUT2D eigenvalue weighted by Crippen LogP contribution is 2.25. The largest absolute Gasteiger partial charge is 0.321 e. The van der Waals surface area contributed by atoms with Gasteiger partial charge in [0, 0.05) is 5.54 Å². The molecule has 1 nitrogen and oxygen atoms in total. The fourth-order valence-corrected chi connectivity index (χ4v) is 1.86. The van der Waals surface area contributed by atoms with Crippen molar-refractivity contribution in [2.24, 2.45) is 17.6 Å². The molecule has 0 aliphatic rings. The topological polar surface area (TPSA) is 26.0 Å². The van der Waals surface area contributed by atoms with Crippen LogP contribution in [-0.2, 0) is 0 Å². The maximum Gasteiger partial charge on any atom is 0.0389 e. The van der Waals surface area contributed by atoms with Crippen molar-refractivity contribution in [3.8, 4) is 0 Å². The number of hydrogen-bond acceptors (Lipinski definition) is 1. The average molecular weight is 217 g/mol. The molecule has 0 fully saturated rings. The third-order valence-corrected chi connectivity index (χ3v) is 3.36. The quantitative estimate of drug-likeness (QED) is 0.817. The molecule has 1 aromatic carbocycles. The van der Waals surface area contributed by atoms with E-state index >= 15 is 0 Å². The fourth-order valence-electron chi connectivity index (χ4n) is 1.86. The molecule has 0 atom stereocenters. The molecule has 1 aromatic rings. The Balaban J connectivity index is 2.89. The van der Waals surface area contributed by atoms with Gasteiger partial charge in [-0.3, -0.25) is 0 Å². The summed E-state index contributed by atoms with van der Waals surface area (Å²) in [5, 5.41) is 0. The molecule has 0 amide bonds. The first-order valence-electron chi connectivity index (χ1n) is 6.00. The lowest BCUT2D eigenvalue weighted by Gasteiger charge is -2.34. The minimum absolute atomic E-state index is 0.226. The molecule has 0 bridgehead atoms. The van der Waals surface area contributed by atoms with Crippen LogP contribution in [-0.4, -0.2) is 5.54 Å². The smallest absolute Gasteiger partial charge is 0.0389 e. The molecule has 1 heteroatoms. The number of rotatable bonds is 4. The first-order chi connectivity index (χ1) is 7.47. The Morgan fingerprint density at radius 2 is 1.50 bits per heavy atom. The van der Waals surface area contributed by atoms with Crippen LogP contribution in [0.1, 0.15) is 33.3 Å². The van der Waals surface area contributed by atoms with Gasteiger partial charge in [-0.05, 0) is 17.4 Å². The van der Waals surface area contributed by atoms with E-state index in [1.54, 1.807) is 0 Å². The van der Waals surface area contributed by atoms with Crippen LogP contribution in [0.4, 0.5) is 0 Å². The van der Waals surface area contributed by atoms with Gasteiger partial charge in [-0.25, -0.2) is 0 Å². The maximum absolute atomic E-state index is 6.44. The Hall–Kier alpha value is -1.08. The highest BCUT2D eigenvalue weighted by atomic mass is 14.8. The lowest BCUT2D eigenvalue weighted by Crippen LogP contribution is -2.47. The SMILES string of the molecule is CC(C)C(N)(C=Cc1ccccc1)C(C)C. The Morgan fingerprint density at radius 3 is 1.94 bits per heavy atom. The number of nitrogens with two attached hydrogens (primary N) is 1. The zero-order chi connectivity index (χ0) is 12.2. The summed E-state index contributed by atoms with van der Waals surface area (Å²) in [6, 6.07) is 10.3. The highest BCUT2D eigenvalue weighted by Gasteiger charge is 2.29. The van der Waals surface area contributed by atoms with E-state index in [0.29, 0.717) is 11.8 Å². The standard InChI is InChI=1S/C15H23N/c1-12(2)15(16,13(3)4)11-10-14-8-6-5-7-9-14/h5-13H,16H2,1-4H3. The van der Waals surface area contributed by atoms with Crippen LogP contribution < -0.4 is 5.73 Å². The zero-order valence-corrected chi connectivity index (χ0v) is 10.8. The lowest BCUT2D eigenvalue weighted by atomic mass is 9.77. The molecule has 0 aromatic heterocycles. The molecule has 1 rings (SSSR count). The van der Waals surface area contributed by atoms with Gasteiger partial charge in [0.25, 0.3) is 0 Å². The molecule has 88 valence electrons. The van der Waals surface area contributed by atoms with Gasteiger partial charge < -0.3 is 5.73 Å². The van der Waals surface area contributed by atoms with Gasteiger partial charge >= 0.3 is 0 Å². The molecule has 16 heavy (non-hydrogen) atoms. The van der Waals surface area contributed by atoms with Gasteiger partial charge in [-0.15, -0.1) is 0 Å². The zero-order valence-electron chi connectivity index (χ0n) is 10.8. The molecule has 0 saturated carbocycles. The first-order valence-corrected chi connectivity index (χ1v) is 6.00. The summed E-state index contributed by atoms with van der Waals surface area (Å²) in [7, 11) is 0. The van der Waals surface area contributed by atoms with E-state index in [2.05, 4.69) is 52.0 Å². The van der Waals surface area contributed by atoms with Crippen LogP contribution in [0, 0.1) is 11.8 Å². The first kappa shape index (κ1) is 13.0. The second-order valence-electron chi connectivity index (χ2n) is 5.05. The van der Waals surface area contributed by atoms with Crippen LogP contribution in [0.3, 0.4) is 0 Å². The van der Waals surface area contributed by atoms with E-state index in [4.69, 9.17) is 5.73 Å². The Morgan fingerprint density at radius 1 is 1.00 bits per heavy atom. The molecule has 0 radical (unpaired) electrons. The average Bonchev–Trinajstić information content (AvgIpc) is 2.26. The Kier molecular flexibility index (Phi) is 4.31. The van der Waals surface area contributed by atoms with Gasteiger partial charge in [0.2, 0.25) is 0 Å². The van der Waals surface area contributed by atoms with Gasteiger partial charge in [-0.2, -0.15) is 0 Å². The van der Waals surface area contributed by atoms with Crippen molar-refractivity contribution in [1.82, 2.24) is 0 Å². The lowest BCUT2D eigenvalue weighted by molar-refractivity contribution is 0.290. The molecule has 0 saturated heterocycles. The predicted molar refractivity (Wildman–Crippen MR) is 72.1 cm³/mol. The van der Waals surface area contributed by atoms with E-state index in [1.807, 2.05) is 18.2 Å². The molecular formula is C15H23N. The summed E-state index contributed by atoms with van der Waals surface area (Å²) in [6.45, 7) is 8.70. The summed E-state index contributed by atoms with van der Waals surface area (Å²) in [5.41, 5.74) is 7.43. The Labute approximate surface area is 99.4 Å². The molecular weight excluding hydrogens is 194 g/mol. The minimum Gasteiger partial charge on any atom is -0.321 e. The molecule has 0 aliphatic heterocycles. The summed E-state index contributed by atoms with van der Waals surface area (Å²) in [6.07, 6.45) is 4.28. The van der Waals surface area contributed by atoms with Gasteiger partial charge in [0.1, 0.15) is 0 Å². The van der Waals surface area contributed by atoms with Gasteiger partial charge in [-0.1, -0.05) is 70.2 Å². The fraction of sp³-hybridized carbons (Fsp3) is 0.467. The summed E-state index contributed by atoms with van der Waals surface area (Å²) in [5.74, 6) is 0.875.